The monoisotopic (exact) mass is 522 g/mol. The Morgan fingerprint density at radius 3 is 2.63 bits per heavy atom. The van der Waals surface area contributed by atoms with Gasteiger partial charge in [0.05, 0.1) is 11.9 Å². The Labute approximate surface area is 210 Å². The second-order valence-electron chi connectivity index (χ2n) is 8.34. The van der Waals surface area contributed by atoms with Crippen molar-refractivity contribution < 1.29 is 18.6 Å². The van der Waals surface area contributed by atoms with Crippen LogP contribution in [-0.4, -0.2) is 24.6 Å². The summed E-state index contributed by atoms with van der Waals surface area (Å²) in [6.07, 6.45) is 2.48. The van der Waals surface area contributed by atoms with E-state index in [-0.39, 0.29) is 23.1 Å². The van der Waals surface area contributed by atoms with Crippen LogP contribution in [0.15, 0.2) is 40.3 Å². The van der Waals surface area contributed by atoms with Gasteiger partial charge in [0.15, 0.2) is 11.6 Å². The van der Waals surface area contributed by atoms with Gasteiger partial charge in [-0.25, -0.2) is 18.7 Å². The van der Waals surface area contributed by atoms with Gasteiger partial charge in [-0.3, -0.25) is 14.3 Å². The molecule has 11 heteroatoms. The highest BCUT2D eigenvalue weighted by atomic mass is 35.5. The van der Waals surface area contributed by atoms with Gasteiger partial charge in [0.25, 0.3) is 5.56 Å². The smallest absolute Gasteiger partial charge is 0.277 e. The number of halogens is 3. The molecule has 3 aromatic heterocycles. The van der Waals surface area contributed by atoms with Crippen molar-refractivity contribution in [1.29, 1.82) is 0 Å². The highest BCUT2D eigenvalue weighted by molar-refractivity contribution is 8.02. The first kappa shape index (κ1) is 26.8. The Morgan fingerprint density at radius 1 is 1.26 bits per heavy atom. The van der Waals surface area contributed by atoms with E-state index in [9.17, 15) is 18.7 Å². The van der Waals surface area contributed by atoms with Gasteiger partial charge in [0.1, 0.15) is 34.5 Å². The van der Waals surface area contributed by atoms with Crippen molar-refractivity contribution in [2.24, 2.45) is 0 Å². The van der Waals surface area contributed by atoms with Gasteiger partial charge in [-0.2, -0.15) is 0 Å². The third-order valence-corrected chi connectivity index (χ3v) is 6.61. The molecule has 0 amide bonds. The molecule has 0 bridgehead atoms. The summed E-state index contributed by atoms with van der Waals surface area (Å²) in [5.41, 5.74) is 0.231. The van der Waals surface area contributed by atoms with Crippen LogP contribution in [0.5, 0.6) is 5.75 Å². The van der Waals surface area contributed by atoms with E-state index in [0.717, 1.165) is 16.8 Å². The molecule has 35 heavy (non-hydrogen) atoms. The fourth-order valence-electron chi connectivity index (χ4n) is 3.11. The number of hydrogen-bond donors (Lipinski definition) is 1. The lowest BCUT2D eigenvalue weighted by atomic mass is 10.1. The summed E-state index contributed by atoms with van der Waals surface area (Å²) in [6.45, 7) is 8.33. The normalized spacial score (nSPS) is 12.5. The van der Waals surface area contributed by atoms with Gasteiger partial charge < -0.3 is 9.84 Å². The number of ether oxygens (including phenoxy) is 1. The van der Waals surface area contributed by atoms with Crippen molar-refractivity contribution in [3.05, 3.63) is 85.4 Å². The summed E-state index contributed by atoms with van der Waals surface area (Å²) < 4.78 is 33.9. The molecule has 0 aliphatic heterocycles. The molecule has 0 unspecified atom stereocenters. The molecular formula is C24H25ClF2N4O3S. The second kappa shape index (κ2) is 10.8. The van der Waals surface area contributed by atoms with Crippen LogP contribution in [0, 0.1) is 18.6 Å². The van der Waals surface area contributed by atoms with E-state index >= 15 is 0 Å². The number of thioether (sulfide) groups is 1. The van der Waals surface area contributed by atoms with Crippen LogP contribution in [0.2, 0.25) is 5.02 Å². The summed E-state index contributed by atoms with van der Waals surface area (Å²) in [6, 6.07) is 4.05. The van der Waals surface area contributed by atoms with Crippen LogP contribution in [0.25, 0.3) is 5.70 Å². The maximum Gasteiger partial charge on any atom is 0.277 e. The van der Waals surface area contributed by atoms with Gasteiger partial charge in [0.2, 0.25) is 0 Å². The van der Waals surface area contributed by atoms with Gasteiger partial charge in [0, 0.05) is 40.4 Å². The Kier molecular flexibility index (Phi) is 8.30. The van der Waals surface area contributed by atoms with E-state index < -0.39 is 22.8 Å². The first-order valence-electron chi connectivity index (χ1n) is 10.6. The van der Waals surface area contributed by atoms with Crippen molar-refractivity contribution in [3.63, 3.8) is 0 Å². The number of aliphatic hydroxyl groups is 1. The van der Waals surface area contributed by atoms with Gasteiger partial charge >= 0.3 is 0 Å². The third-order valence-electron chi connectivity index (χ3n) is 5.09. The average molecular weight is 523 g/mol. The molecule has 0 saturated heterocycles. The highest BCUT2D eigenvalue weighted by Gasteiger charge is 2.20. The lowest BCUT2D eigenvalue weighted by Gasteiger charge is -2.17. The first-order chi connectivity index (χ1) is 16.4. The molecule has 0 spiro atoms. The molecule has 3 rings (SSSR count). The molecule has 1 N–H and O–H groups in total. The molecule has 7 nitrogen and oxygen atoms in total. The number of aromatic nitrogens is 4. The van der Waals surface area contributed by atoms with E-state index in [4.69, 9.17) is 16.3 Å². The predicted octanol–water partition coefficient (Wildman–Crippen LogP) is 5.22. The molecule has 3 heterocycles. The summed E-state index contributed by atoms with van der Waals surface area (Å²) >= 11 is 7.76. The Hall–Kier alpha value is -2.82. The first-order valence-corrected chi connectivity index (χ1v) is 11.9. The molecule has 0 aliphatic rings. The standard InChI is InChI=1S/C24H25ClF2N4O3S/c1-13-8-20(34-11-19-18(27)9-16(26)10-29-19)21(25)22(32)31(13)14(2)15(3)35-12-17-6-7-28-23(30-17)24(4,5)33/h6-10,33H,11-12H2,1-5H3/b15-14+. The predicted molar refractivity (Wildman–Crippen MR) is 132 cm³/mol. The highest BCUT2D eigenvalue weighted by Crippen LogP contribution is 2.29. The Morgan fingerprint density at radius 2 is 1.97 bits per heavy atom. The number of hydrogen-bond acceptors (Lipinski definition) is 7. The molecule has 186 valence electrons. The molecule has 0 radical (unpaired) electrons. The van der Waals surface area contributed by atoms with Gasteiger partial charge in [-0.1, -0.05) is 11.6 Å². The molecule has 0 saturated carbocycles. The van der Waals surface area contributed by atoms with E-state index in [2.05, 4.69) is 15.0 Å². The molecule has 0 fully saturated rings. The minimum atomic E-state index is -1.15. The Balaban J connectivity index is 1.81. The van der Waals surface area contributed by atoms with Crippen LogP contribution in [-0.2, 0) is 18.0 Å². The lowest BCUT2D eigenvalue weighted by molar-refractivity contribution is 0.0685. The largest absolute Gasteiger partial charge is 0.485 e. The number of aryl methyl sites for hydroxylation is 1. The average Bonchev–Trinajstić information content (AvgIpc) is 2.79. The van der Waals surface area contributed by atoms with E-state index in [1.165, 1.54) is 16.3 Å². The summed E-state index contributed by atoms with van der Waals surface area (Å²) in [5, 5.41) is 9.96. The zero-order valence-corrected chi connectivity index (χ0v) is 21.5. The minimum absolute atomic E-state index is 0.0779. The van der Waals surface area contributed by atoms with Crippen LogP contribution >= 0.6 is 23.4 Å². The van der Waals surface area contributed by atoms with Crippen molar-refractivity contribution >= 4 is 29.1 Å². The SMILES string of the molecule is C/C(SCc1ccnc(C(C)(C)O)n1)=C(/C)n1c(C)cc(OCc2ncc(F)cc2F)c(Cl)c1=O. The van der Waals surface area contributed by atoms with Crippen LogP contribution < -0.4 is 10.3 Å². The number of nitrogens with zero attached hydrogens (tertiary/aromatic N) is 4. The van der Waals surface area contributed by atoms with Crippen LogP contribution in [0.4, 0.5) is 8.78 Å². The molecule has 0 atom stereocenters. The number of rotatable bonds is 8. The summed E-state index contributed by atoms with van der Waals surface area (Å²) in [7, 11) is 0. The summed E-state index contributed by atoms with van der Waals surface area (Å²) in [4.78, 5) is 26.1. The fourth-order valence-corrected chi connectivity index (χ4v) is 4.13. The van der Waals surface area contributed by atoms with Crippen molar-refractivity contribution in [1.82, 2.24) is 19.5 Å². The minimum Gasteiger partial charge on any atom is -0.485 e. The van der Waals surface area contributed by atoms with Crippen molar-refractivity contribution in [2.45, 2.75) is 52.6 Å². The molecular weight excluding hydrogens is 498 g/mol. The van der Waals surface area contributed by atoms with Crippen molar-refractivity contribution in [2.75, 3.05) is 0 Å². The maximum absolute atomic E-state index is 13.8. The van der Waals surface area contributed by atoms with Gasteiger partial charge in [-0.05, 0) is 40.7 Å². The topological polar surface area (TPSA) is 90.1 Å². The zero-order valence-electron chi connectivity index (χ0n) is 19.9. The zero-order chi connectivity index (χ0) is 25.9. The molecule has 0 aromatic carbocycles. The molecule has 3 aromatic rings. The van der Waals surface area contributed by atoms with E-state index in [1.54, 1.807) is 46.0 Å². The lowest BCUT2D eigenvalue weighted by Crippen LogP contribution is -2.22. The van der Waals surface area contributed by atoms with Crippen LogP contribution in [0.1, 0.15) is 50.6 Å². The maximum atomic E-state index is 13.8. The second-order valence-corrected chi connectivity index (χ2v) is 9.90. The van der Waals surface area contributed by atoms with Crippen LogP contribution in [0.3, 0.4) is 0 Å². The number of allylic oxidation sites excluding steroid dienone is 2. The fraction of sp³-hybridized carbons (Fsp3) is 0.333. The Bertz CT molecular complexity index is 1340. The quantitative estimate of drug-likeness (QED) is 0.433. The number of pyridine rings is 2. The third kappa shape index (κ3) is 6.45. The van der Waals surface area contributed by atoms with E-state index in [1.807, 2.05) is 6.92 Å². The van der Waals surface area contributed by atoms with E-state index in [0.29, 0.717) is 29.0 Å². The van der Waals surface area contributed by atoms with Gasteiger partial charge in [-0.15, -0.1) is 11.8 Å². The molecule has 0 aliphatic carbocycles. The van der Waals surface area contributed by atoms with Crippen molar-refractivity contribution in [3.8, 4) is 5.75 Å². The summed E-state index contributed by atoms with van der Waals surface area (Å²) in [5.74, 6) is -0.729.